The number of carbonyl (C=O) groups excluding carboxylic acids is 1. The van der Waals surface area contributed by atoms with Crippen LogP contribution in [0.25, 0.3) is 0 Å². The SMILES string of the molecule is CCOC(=O)C(O)=CCCO. The number of aliphatic hydroxyl groups is 2. The van der Waals surface area contributed by atoms with Gasteiger partial charge in [-0.3, -0.25) is 0 Å². The zero-order valence-electron chi connectivity index (χ0n) is 6.41. The quantitative estimate of drug-likeness (QED) is 0.354. The van der Waals surface area contributed by atoms with Crippen LogP contribution in [0.2, 0.25) is 0 Å². The Labute approximate surface area is 65.1 Å². The molecule has 64 valence electrons. The molecule has 2 N–H and O–H groups in total. The van der Waals surface area contributed by atoms with Crippen molar-refractivity contribution in [2.75, 3.05) is 13.2 Å². The predicted octanol–water partition coefficient (Wildman–Crippen LogP) is 0.374. The summed E-state index contributed by atoms with van der Waals surface area (Å²) in [6.45, 7) is 1.79. The van der Waals surface area contributed by atoms with Crippen molar-refractivity contribution in [3.05, 3.63) is 11.8 Å². The van der Waals surface area contributed by atoms with Crippen LogP contribution in [0.1, 0.15) is 13.3 Å². The van der Waals surface area contributed by atoms with E-state index in [1.165, 1.54) is 6.08 Å². The summed E-state index contributed by atoms with van der Waals surface area (Å²) in [5.41, 5.74) is 0. The molecule has 0 heterocycles. The van der Waals surface area contributed by atoms with Crippen molar-refractivity contribution in [2.45, 2.75) is 13.3 Å². The first kappa shape index (κ1) is 9.97. The molecule has 0 saturated heterocycles. The first-order valence-corrected chi connectivity index (χ1v) is 3.39. The molecule has 0 aliphatic carbocycles. The highest BCUT2D eigenvalue weighted by Crippen LogP contribution is 1.94. The van der Waals surface area contributed by atoms with Gasteiger partial charge in [-0.15, -0.1) is 0 Å². The third kappa shape index (κ3) is 4.38. The lowest BCUT2D eigenvalue weighted by molar-refractivity contribution is -0.141. The maximum Gasteiger partial charge on any atom is 0.373 e. The molecule has 0 aromatic rings. The van der Waals surface area contributed by atoms with Gasteiger partial charge in [0.05, 0.1) is 6.61 Å². The summed E-state index contributed by atoms with van der Waals surface area (Å²) < 4.78 is 4.46. The van der Waals surface area contributed by atoms with Crippen molar-refractivity contribution in [2.24, 2.45) is 0 Å². The summed E-state index contributed by atoms with van der Waals surface area (Å²) in [5, 5.41) is 17.2. The van der Waals surface area contributed by atoms with Gasteiger partial charge in [0.1, 0.15) is 0 Å². The molecule has 0 aliphatic rings. The van der Waals surface area contributed by atoms with E-state index in [1.807, 2.05) is 0 Å². The lowest BCUT2D eigenvalue weighted by atomic mass is 10.3. The Hall–Kier alpha value is -1.03. The Balaban J connectivity index is 3.80. The van der Waals surface area contributed by atoms with Crippen LogP contribution < -0.4 is 0 Å². The molecule has 0 aromatic heterocycles. The van der Waals surface area contributed by atoms with Crippen molar-refractivity contribution >= 4 is 5.97 Å². The summed E-state index contributed by atoms with van der Waals surface area (Å²) in [6, 6.07) is 0. The van der Waals surface area contributed by atoms with E-state index in [0.29, 0.717) is 0 Å². The minimum Gasteiger partial charge on any atom is -0.502 e. The van der Waals surface area contributed by atoms with Gasteiger partial charge in [0, 0.05) is 6.61 Å². The molecule has 0 spiro atoms. The Bertz CT molecular complexity index is 151. The Morgan fingerprint density at radius 2 is 2.27 bits per heavy atom. The summed E-state index contributed by atoms with van der Waals surface area (Å²) in [7, 11) is 0. The first-order valence-electron chi connectivity index (χ1n) is 3.39. The van der Waals surface area contributed by atoms with E-state index < -0.39 is 11.7 Å². The predicted molar refractivity (Wildman–Crippen MR) is 39.0 cm³/mol. The highest BCUT2D eigenvalue weighted by atomic mass is 16.5. The molecule has 0 radical (unpaired) electrons. The average Bonchev–Trinajstić information content (AvgIpc) is 2.00. The highest BCUT2D eigenvalue weighted by molar-refractivity contribution is 5.85. The Kier molecular flexibility index (Phi) is 5.20. The highest BCUT2D eigenvalue weighted by Gasteiger charge is 2.05. The van der Waals surface area contributed by atoms with Crippen LogP contribution in [-0.4, -0.2) is 29.4 Å². The lowest BCUT2D eigenvalue weighted by Crippen LogP contribution is -2.07. The topological polar surface area (TPSA) is 66.8 Å². The van der Waals surface area contributed by atoms with Crippen LogP contribution in [-0.2, 0) is 9.53 Å². The number of rotatable bonds is 4. The first-order chi connectivity index (χ1) is 5.22. The van der Waals surface area contributed by atoms with E-state index in [9.17, 15) is 4.79 Å². The minimum atomic E-state index is -0.749. The van der Waals surface area contributed by atoms with E-state index in [1.54, 1.807) is 6.92 Å². The maximum absolute atomic E-state index is 10.6. The molecule has 0 saturated carbocycles. The fraction of sp³-hybridized carbons (Fsp3) is 0.571. The van der Waals surface area contributed by atoms with E-state index in [0.717, 1.165) is 0 Å². The normalized spacial score (nSPS) is 11.3. The number of carbonyl (C=O) groups is 1. The van der Waals surface area contributed by atoms with Gasteiger partial charge in [-0.05, 0) is 19.4 Å². The molecule has 11 heavy (non-hydrogen) atoms. The van der Waals surface area contributed by atoms with Crippen molar-refractivity contribution in [1.82, 2.24) is 0 Å². The molecule has 0 fully saturated rings. The van der Waals surface area contributed by atoms with Crippen LogP contribution in [0.3, 0.4) is 0 Å². The number of ether oxygens (including phenoxy) is 1. The second-order valence-corrected chi connectivity index (χ2v) is 1.82. The van der Waals surface area contributed by atoms with Gasteiger partial charge in [-0.1, -0.05) is 0 Å². The number of hydrogen-bond acceptors (Lipinski definition) is 4. The second-order valence-electron chi connectivity index (χ2n) is 1.82. The summed E-state index contributed by atoms with van der Waals surface area (Å²) in [4.78, 5) is 10.6. The zero-order valence-corrected chi connectivity index (χ0v) is 6.41. The molecule has 0 aromatic carbocycles. The van der Waals surface area contributed by atoms with Crippen molar-refractivity contribution in [1.29, 1.82) is 0 Å². The average molecular weight is 160 g/mol. The molecule has 0 amide bonds. The van der Waals surface area contributed by atoms with Gasteiger partial charge in [-0.25, -0.2) is 4.79 Å². The maximum atomic E-state index is 10.6. The van der Waals surface area contributed by atoms with E-state index in [4.69, 9.17) is 10.2 Å². The fourth-order valence-electron chi connectivity index (χ4n) is 0.490. The fourth-order valence-corrected chi connectivity index (χ4v) is 0.490. The van der Waals surface area contributed by atoms with Gasteiger partial charge in [0.15, 0.2) is 5.76 Å². The smallest absolute Gasteiger partial charge is 0.373 e. The van der Waals surface area contributed by atoms with Gasteiger partial charge in [0.2, 0.25) is 0 Å². The Morgan fingerprint density at radius 1 is 1.64 bits per heavy atom. The minimum absolute atomic E-state index is 0.0938. The number of aliphatic hydroxyl groups excluding tert-OH is 2. The monoisotopic (exact) mass is 160 g/mol. The summed E-state index contributed by atoms with van der Waals surface area (Å²) >= 11 is 0. The molecule has 0 bridgehead atoms. The van der Waals surface area contributed by atoms with Gasteiger partial charge >= 0.3 is 5.97 Å². The number of hydrogen-bond donors (Lipinski definition) is 2. The summed E-state index contributed by atoms with van der Waals surface area (Å²) in [5.74, 6) is -1.19. The Morgan fingerprint density at radius 3 is 2.73 bits per heavy atom. The molecular weight excluding hydrogens is 148 g/mol. The number of esters is 1. The van der Waals surface area contributed by atoms with Crippen LogP contribution in [0.15, 0.2) is 11.8 Å². The van der Waals surface area contributed by atoms with Crippen LogP contribution in [0.5, 0.6) is 0 Å². The van der Waals surface area contributed by atoms with E-state index >= 15 is 0 Å². The van der Waals surface area contributed by atoms with Gasteiger partial charge in [-0.2, -0.15) is 0 Å². The molecule has 0 unspecified atom stereocenters. The molecule has 4 nitrogen and oxygen atoms in total. The van der Waals surface area contributed by atoms with E-state index in [2.05, 4.69) is 4.74 Å². The van der Waals surface area contributed by atoms with Gasteiger partial charge in [0.25, 0.3) is 0 Å². The van der Waals surface area contributed by atoms with Crippen LogP contribution in [0, 0.1) is 0 Å². The molecule has 0 atom stereocenters. The molecular formula is C7H12O4. The standard InChI is InChI=1S/C7H12O4/c1-2-11-7(10)6(9)4-3-5-8/h4,8-9H,2-3,5H2,1H3. The third-order valence-electron chi connectivity index (χ3n) is 0.951. The van der Waals surface area contributed by atoms with Crippen molar-refractivity contribution in [3.8, 4) is 0 Å². The zero-order chi connectivity index (χ0) is 8.69. The molecule has 0 aliphatic heterocycles. The lowest BCUT2D eigenvalue weighted by Gasteiger charge is -1.98. The third-order valence-corrected chi connectivity index (χ3v) is 0.951. The molecule has 4 heteroatoms. The largest absolute Gasteiger partial charge is 0.502 e. The van der Waals surface area contributed by atoms with Crippen molar-refractivity contribution in [3.63, 3.8) is 0 Å². The second kappa shape index (κ2) is 5.73. The van der Waals surface area contributed by atoms with Gasteiger partial charge < -0.3 is 14.9 Å². The van der Waals surface area contributed by atoms with Crippen molar-refractivity contribution < 1.29 is 19.7 Å². The van der Waals surface area contributed by atoms with E-state index in [-0.39, 0.29) is 19.6 Å². The van der Waals surface area contributed by atoms with Crippen LogP contribution >= 0.6 is 0 Å². The van der Waals surface area contributed by atoms with Crippen LogP contribution in [0.4, 0.5) is 0 Å². The summed E-state index contributed by atoms with van der Waals surface area (Å²) in [6.07, 6.45) is 1.47. The molecule has 0 rings (SSSR count).